The summed E-state index contributed by atoms with van der Waals surface area (Å²) in [5.41, 5.74) is 0.867. The molecule has 6 heteroatoms. The number of halogens is 1. The van der Waals surface area contributed by atoms with Gasteiger partial charge in [0.2, 0.25) is 5.91 Å². The third-order valence-corrected chi connectivity index (χ3v) is 3.94. The van der Waals surface area contributed by atoms with Gasteiger partial charge in [-0.25, -0.2) is 9.37 Å². The fraction of sp³-hybridized carbons (Fsp3) is 0.286. The number of rotatable bonds is 4. The Bertz CT molecular complexity index is 627. The van der Waals surface area contributed by atoms with Crippen LogP contribution in [-0.4, -0.2) is 27.0 Å². The van der Waals surface area contributed by atoms with Crippen molar-refractivity contribution < 1.29 is 9.18 Å². The van der Waals surface area contributed by atoms with E-state index in [1.807, 2.05) is 6.26 Å². The number of carbonyl (C=O) groups is 1. The van der Waals surface area contributed by atoms with E-state index < -0.39 is 5.82 Å². The Morgan fingerprint density at radius 1 is 1.50 bits per heavy atom. The molecule has 0 saturated carbocycles. The first-order valence-electron chi connectivity index (χ1n) is 6.16. The molecule has 0 bridgehead atoms. The van der Waals surface area contributed by atoms with E-state index in [4.69, 9.17) is 0 Å². The number of thioether (sulfide) groups is 1. The molecule has 2 aromatic rings. The standard InChI is InChI=1S/C14H16FN3OS/c1-9(20-3)14(19)17-11-4-5-13(12(15)8-11)18-7-6-16-10(18)2/h4-9H,1-3H3,(H,17,19). The molecule has 106 valence electrons. The summed E-state index contributed by atoms with van der Waals surface area (Å²) in [5, 5.41) is 2.52. The van der Waals surface area contributed by atoms with Crippen molar-refractivity contribution in [2.45, 2.75) is 19.1 Å². The molecule has 0 aliphatic heterocycles. The number of anilines is 1. The van der Waals surface area contributed by atoms with Crippen LogP contribution in [0.1, 0.15) is 12.7 Å². The lowest BCUT2D eigenvalue weighted by molar-refractivity contribution is -0.115. The van der Waals surface area contributed by atoms with E-state index in [9.17, 15) is 9.18 Å². The number of hydrogen-bond donors (Lipinski definition) is 1. The number of imidazole rings is 1. The van der Waals surface area contributed by atoms with Crippen LogP contribution in [0.3, 0.4) is 0 Å². The van der Waals surface area contributed by atoms with E-state index in [0.717, 1.165) is 0 Å². The molecule has 1 N–H and O–H groups in total. The van der Waals surface area contributed by atoms with Gasteiger partial charge in [0.15, 0.2) is 0 Å². The van der Waals surface area contributed by atoms with Gasteiger partial charge in [-0.3, -0.25) is 4.79 Å². The molecular formula is C14H16FN3OS. The van der Waals surface area contributed by atoms with E-state index in [0.29, 0.717) is 17.2 Å². The monoisotopic (exact) mass is 293 g/mol. The van der Waals surface area contributed by atoms with E-state index >= 15 is 0 Å². The second-order valence-electron chi connectivity index (χ2n) is 4.38. The number of aromatic nitrogens is 2. The lowest BCUT2D eigenvalue weighted by atomic mass is 10.2. The number of aryl methyl sites for hydroxylation is 1. The molecule has 0 spiro atoms. The van der Waals surface area contributed by atoms with Crippen LogP contribution in [0.25, 0.3) is 5.69 Å². The second-order valence-corrected chi connectivity index (χ2v) is 5.56. The molecule has 1 heterocycles. The summed E-state index contributed by atoms with van der Waals surface area (Å²) < 4.78 is 15.8. The molecule has 1 amide bonds. The first-order valence-corrected chi connectivity index (χ1v) is 7.45. The van der Waals surface area contributed by atoms with Gasteiger partial charge in [0.25, 0.3) is 0 Å². The van der Waals surface area contributed by atoms with Gasteiger partial charge in [-0.2, -0.15) is 11.8 Å². The molecule has 0 aliphatic rings. The average Bonchev–Trinajstić information content (AvgIpc) is 2.84. The van der Waals surface area contributed by atoms with Crippen molar-refractivity contribution in [3.63, 3.8) is 0 Å². The summed E-state index contributed by atoms with van der Waals surface area (Å²) in [6, 6.07) is 4.63. The zero-order valence-corrected chi connectivity index (χ0v) is 12.4. The van der Waals surface area contributed by atoms with Gasteiger partial charge in [-0.1, -0.05) is 0 Å². The van der Waals surface area contributed by atoms with Crippen molar-refractivity contribution in [2.75, 3.05) is 11.6 Å². The fourth-order valence-corrected chi connectivity index (χ4v) is 2.04. The van der Waals surface area contributed by atoms with Crippen LogP contribution in [0, 0.1) is 12.7 Å². The molecule has 1 aromatic carbocycles. The molecule has 0 aliphatic carbocycles. The van der Waals surface area contributed by atoms with Crippen LogP contribution in [0.4, 0.5) is 10.1 Å². The smallest absolute Gasteiger partial charge is 0.237 e. The Labute approximate surface area is 121 Å². The van der Waals surface area contributed by atoms with Crippen molar-refractivity contribution in [1.82, 2.24) is 9.55 Å². The summed E-state index contributed by atoms with van der Waals surface area (Å²) >= 11 is 1.44. The van der Waals surface area contributed by atoms with Crippen molar-refractivity contribution in [1.29, 1.82) is 0 Å². The van der Waals surface area contributed by atoms with Gasteiger partial charge < -0.3 is 9.88 Å². The van der Waals surface area contributed by atoms with E-state index in [-0.39, 0.29) is 11.2 Å². The Morgan fingerprint density at radius 2 is 2.25 bits per heavy atom. The van der Waals surface area contributed by atoms with E-state index in [1.54, 1.807) is 42.9 Å². The third kappa shape index (κ3) is 3.01. The van der Waals surface area contributed by atoms with Gasteiger partial charge in [0.05, 0.1) is 10.9 Å². The summed E-state index contributed by atoms with van der Waals surface area (Å²) in [5.74, 6) is 0.167. The van der Waals surface area contributed by atoms with Gasteiger partial charge in [-0.05, 0) is 38.3 Å². The van der Waals surface area contributed by atoms with Crippen molar-refractivity contribution in [2.24, 2.45) is 0 Å². The van der Waals surface area contributed by atoms with Crippen LogP contribution < -0.4 is 5.32 Å². The van der Waals surface area contributed by atoms with Gasteiger partial charge in [0, 0.05) is 18.1 Å². The van der Waals surface area contributed by atoms with Crippen LogP contribution >= 0.6 is 11.8 Å². The Morgan fingerprint density at radius 3 is 2.80 bits per heavy atom. The van der Waals surface area contributed by atoms with Crippen molar-refractivity contribution in [3.8, 4) is 5.69 Å². The quantitative estimate of drug-likeness (QED) is 0.942. The number of carbonyl (C=O) groups excluding carboxylic acids is 1. The highest BCUT2D eigenvalue weighted by Crippen LogP contribution is 2.20. The van der Waals surface area contributed by atoms with Gasteiger partial charge in [0.1, 0.15) is 11.6 Å². The lowest BCUT2D eigenvalue weighted by Crippen LogP contribution is -2.22. The SMILES string of the molecule is CSC(C)C(=O)Nc1ccc(-n2ccnc2C)c(F)c1. The predicted octanol–water partition coefficient (Wildman–Crippen LogP) is 3.01. The molecule has 0 radical (unpaired) electrons. The minimum Gasteiger partial charge on any atom is -0.325 e. The zero-order chi connectivity index (χ0) is 14.7. The Balaban J connectivity index is 2.23. The normalized spacial score (nSPS) is 12.2. The van der Waals surface area contributed by atoms with Crippen LogP contribution in [0.5, 0.6) is 0 Å². The highest BCUT2D eigenvalue weighted by molar-refractivity contribution is 7.99. The zero-order valence-electron chi connectivity index (χ0n) is 11.6. The fourth-order valence-electron chi connectivity index (χ4n) is 1.76. The summed E-state index contributed by atoms with van der Waals surface area (Å²) in [6.45, 7) is 3.61. The first kappa shape index (κ1) is 14.6. The van der Waals surface area contributed by atoms with Crippen LogP contribution in [0.2, 0.25) is 0 Å². The summed E-state index contributed by atoms with van der Waals surface area (Å²) in [6.07, 6.45) is 5.17. The second kappa shape index (κ2) is 6.09. The highest BCUT2D eigenvalue weighted by atomic mass is 32.2. The molecule has 0 saturated heterocycles. The summed E-state index contributed by atoms with van der Waals surface area (Å²) in [7, 11) is 0. The number of nitrogens with one attached hydrogen (secondary N) is 1. The average molecular weight is 293 g/mol. The Kier molecular flexibility index (Phi) is 4.44. The van der Waals surface area contributed by atoms with E-state index in [2.05, 4.69) is 10.3 Å². The minimum atomic E-state index is -0.402. The van der Waals surface area contributed by atoms with E-state index in [1.165, 1.54) is 17.8 Å². The molecule has 4 nitrogen and oxygen atoms in total. The van der Waals surface area contributed by atoms with Gasteiger partial charge >= 0.3 is 0 Å². The maximum Gasteiger partial charge on any atom is 0.237 e. The number of hydrogen-bond acceptors (Lipinski definition) is 3. The van der Waals surface area contributed by atoms with Crippen molar-refractivity contribution in [3.05, 3.63) is 42.2 Å². The number of amides is 1. The molecular weight excluding hydrogens is 277 g/mol. The van der Waals surface area contributed by atoms with Gasteiger partial charge in [-0.15, -0.1) is 0 Å². The predicted molar refractivity (Wildman–Crippen MR) is 79.9 cm³/mol. The van der Waals surface area contributed by atoms with Crippen LogP contribution in [0.15, 0.2) is 30.6 Å². The lowest BCUT2D eigenvalue weighted by Gasteiger charge is -2.12. The number of benzene rings is 1. The molecule has 0 fully saturated rings. The number of nitrogens with zero attached hydrogens (tertiary/aromatic N) is 2. The Hall–Kier alpha value is -1.82. The summed E-state index contributed by atoms with van der Waals surface area (Å²) in [4.78, 5) is 15.8. The molecule has 1 atom stereocenters. The topological polar surface area (TPSA) is 46.9 Å². The first-order chi connectivity index (χ1) is 9.52. The third-order valence-electron chi connectivity index (χ3n) is 3.02. The molecule has 1 aromatic heterocycles. The minimum absolute atomic E-state index is 0.136. The van der Waals surface area contributed by atoms with Crippen molar-refractivity contribution >= 4 is 23.4 Å². The molecule has 20 heavy (non-hydrogen) atoms. The largest absolute Gasteiger partial charge is 0.325 e. The maximum absolute atomic E-state index is 14.1. The molecule has 1 unspecified atom stereocenters. The molecule has 2 rings (SSSR count). The maximum atomic E-state index is 14.1. The van der Waals surface area contributed by atoms with Crippen LogP contribution in [-0.2, 0) is 4.79 Å². The highest BCUT2D eigenvalue weighted by Gasteiger charge is 2.13.